The fraction of sp³-hybridized carbons (Fsp3) is 0.500. The van der Waals surface area contributed by atoms with E-state index in [2.05, 4.69) is 4.74 Å². The fourth-order valence-corrected chi connectivity index (χ4v) is 1.95. The smallest absolute Gasteiger partial charge is 0.306 e. The van der Waals surface area contributed by atoms with Gasteiger partial charge in [-0.2, -0.15) is 0 Å². The summed E-state index contributed by atoms with van der Waals surface area (Å²) >= 11 is 0. The minimum Gasteiger partial charge on any atom is -0.469 e. The van der Waals surface area contributed by atoms with Gasteiger partial charge in [0.1, 0.15) is 11.6 Å². The highest BCUT2D eigenvalue weighted by Crippen LogP contribution is 2.38. The molecule has 0 aliphatic carbocycles. The van der Waals surface area contributed by atoms with Crippen molar-refractivity contribution in [1.29, 1.82) is 0 Å². The van der Waals surface area contributed by atoms with Crippen LogP contribution in [0, 0.1) is 11.6 Å². The molecule has 0 radical (unpaired) electrons. The summed E-state index contributed by atoms with van der Waals surface area (Å²) in [5, 5.41) is 0. The van der Waals surface area contributed by atoms with E-state index in [9.17, 15) is 13.6 Å². The molecule has 0 spiro atoms. The zero-order chi connectivity index (χ0) is 14.8. The van der Waals surface area contributed by atoms with Crippen LogP contribution in [0.3, 0.4) is 0 Å². The van der Waals surface area contributed by atoms with Gasteiger partial charge in [0.15, 0.2) is 0 Å². The van der Waals surface area contributed by atoms with Crippen LogP contribution in [0.15, 0.2) is 18.2 Å². The Balaban J connectivity index is 3.39. The first-order valence-corrected chi connectivity index (χ1v) is 5.93. The average molecular weight is 271 g/mol. The Bertz CT molecular complexity index is 483. The molecule has 0 aromatic heterocycles. The van der Waals surface area contributed by atoms with Crippen molar-refractivity contribution in [1.82, 2.24) is 0 Å². The number of nitrogens with two attached hydrogens (primary N) is 1. The second kappa shape index (κ2) is 5.25. The quantitative estimate of drug-likeness (QED) is 0.856. The van der Waals surface area contributed by atoms with E-state index in [1.165, 1.54) is 7.11 Å². The molecule has 2 N–H and O–H groups in total. The van der Waals surface area contributed by atoms with Crippen molar-refractivity contribution in [2.24, 2.45) is 5.73 Å². The normalized spacial score (nSPS) is 14.9. The van der Waals surface area contributed by atoms with Crippen LogP contribution in [0.2, 0.25) is 0 Å². The molecule has 1 rings (SSSR count). The van der Waals surface area contributed by atoms with Crippen LogP contribution in [0.1, 0.15) is 32.8 Å². The molecule has 0 saturated carbocycles. The maximum Gasteiger partial charge on any atom is 0.306 e. The first-order valence-electron chi connectivity index (χ1n) is 5.93. The third-order valence-corrected chi connectivity index (χ3v) is 3.67. The predicted molar refractivity (Wildman–Crippen MR) is 68.6 cm³/mol. The summed E-state index contributed by atoms with van der Waals surface area (Å²) in [5.41, 5.74) is 4.13. The number of benzene rings is 1. The number of carbonyl (C=O) groups is 1. The summed E-state index contributed by atoms with van der Waals surface area (Å²) in [7, 11) is 1.24. The van der Waals surface area contributed by atoms with E-state index in [1.807, 2.05) is 0 Å². The zero-order valence-electron chi connectivity index (χ0n) is 11.6. The van der Waals surface area contributed by atoms with Crippen LogP contribution in [-0.4, -0.2) is 18.6 Å². The van der Waals surface area contributed by atoms with Crippen LogP contribution in [0.5, 0.6) is 0 Å². The third-order valence-electron chi connectivity index (χ3n) is 3.67. The van der Waals surface area contributed by atoms with Crippen molar-refractivity contribution < 1.29 is 18.3 Å². The Labute approximate surface area is 111 Å². The van der Waals surface area contributed by atoms with E-state index in [-0.39, 0.29) is 12.0 Å². The first-order chi connectivity index (χ1) is 8.61. The number of rotatable bonds is 4. The van der Waals surface area contributed by atoms with Gasteiger partial charge >= 0.3 is 5.97 Å². The molecule has 5 heteroatoms. The molecule has 3 nitrogen and oxygen atoms in total. The molecular formula is C14H19F2NO2. The number of hydrogen-bond donors (Lipinski definition) is 1. The Kier molecular flexibility index (Phi) is 4.30. The lowest BCUT2D eigenvalue weighted by molar-refractivity contribution is -0.142. The summed E-state index contributed by atoms with van der Waals surface area (Å²) in [4.78, 5) is 11.5. The maximum absolute atomic E-state index is 14.0. The number of carbonyl (C=O) groups excluding carboxylic acids is 1. The molecule has 0 aliphatic heterocycles. The van der Waals surface area contributed by atoms with Gasteiger partial charge < -0.3 is 10.5 Å². The summed E-state index contributed by atoms with van der Waals surface area (Å²) in [6.07, 6.45) is -0.132. The van der Waals surface area contributed by atoms with E-state index in [0.29, 0.717) is 0 Å². The molecule has 0 heterocycles. The zero-order valence-corrected chi connectivity index (χ0v) is 11.6. The van der Waals surface area contributed by atoms with Gasteiger partial charge in [-0.05, 0) is 37.6 Å². The van der Waals surface area contributed by atoms with Gasteiger partial charge in [0.05, 0.1) is 13.5 Å². The Morgan fingerprint density at radius 3 is 2.37 bits per heavy atom. The van der Waals surface area contributed by atoms with Crippen LogP contribution in [0.4, 0.5) is 8.78 Å². The van der Waals surface area contributed by atoms with Crippen molar-refractivity contribution in [3.63, 3.8) is 0 Å². The largest absolute Gasteiger partial charge is 0.469 e. The molecule has 0 saturated heterocycles. The third kappa shape index (κ3) is 3.10. The van der Waals surface area contributed by atoms with Gasteiger partial charge in [-0.25, -0.2) is 8.78 Å². The van der Waals surface area contributed by atoms with Crippen LogP contribution in [0.25, 0.3) is 0 Å². The first kappa shape index (κ1) is 15.6. The van der Waals surface area contributed by atoms with Crippen molar-refractivity contribution in [3.05, 3.63) is 35.4 Å². The van der Waals surface area contributed by atoms with Gasteiger partial charge in [-0.1, -0.05) is 6.92 Å². The molecule has 0 fully saturated rings. The topological polar surface area (TPSA) is 52.3 Å². The van der Waals surface area contributed by atoms with Crippen molar-refractivity contribution in [2.75, 3.05) is 7.11 Å². The minimum atomic E-state index is -1.08. The predicted octanol–water partition coefficient (Wildman–Crippen LogP) is 2.52. The molecule has 1 unspecified atom stereocenters. The highest BCUT2D eigenvalue weighted by atomic mass is 19.1. The van der Waals surface area contributed by atoms with Crippen molar-refractivity contribution in [3.8, 4) is 0 Å². The monoisotopic (exact) mass is 271 g/mol. The van der Waals surface area contributed by atoms with Crippen molar-refractivity contribution in [2.45, 2.75) is 38.1 Å². The number of halogens is 2. The van der Waals surface area contributed by atoms with E-state index >= 15 is 0 Å². The summed E-state index contributed by atoms with van der Waals surface area (Å²) in [6.45, 7) is 4.96. The van der Waals surface area contributed by atoms with Crippen LogP contribution in [-0.2, 0) is 14.9 Å². The molecule has 0 amide bonds. The van der Waals surface area contributed by atoms with Gasteiger partial charge in [0.25, 0.3) is 0 Å². The van der Waals surface area contributed by atoms with Gasteiger partial charge in [-0.15, -0.1) is 0 Å². The van der Waals surface area contributed by atoms with Crippen LogP contribution < -0.4 is 5.73 Å². The number of ether oxygens (including phenoxy) is 1. The molecule has 19 heavy (non-hydrogen) atoms. The van der Waals surface area contributed by atoms with E-state index in [1.54, 1.807) is 20.8 Å². The fourth-order valence-electron chi connectivity index (χ4n) is 1.95. The molecule has 0 aliphatic rings. The van der Waals surface area contributed by atoms with Gasteiger partial charge in [-0.3, -0.25) is 4.79 Å². The molecule has 106 valence electrons. The molecular weight excluding hydrogens is 252 g/mol. The van der Waals surface area contributed by atoms with Gasteiger partial charge in [0, 0.05) is 11.0 Å². The highest BCUT2D eigenvalue weighted by molar-refractivity contribution is 5.71. The SMILES string of the molecule is COC(=O)CC(C)(c1cc(F)ccc1F)C(C)(C)N. The molecule has 1 aromatic rings. The molecule has 0 bridgehead atoms. The lowest BCUT2D eigenvalue weighted by Crippen LogP contribution is -2.53. The number of methoxy groups -OCH3 is 1. The number of hydrogen-bond acceptors (Lipinski definition) is 3. The molecule has 1 atom stereocenters. The van der Waals surface area contributed by atoms with E-state index in [4.69, 9.17) is 5.73 Å². The Morgan fingerprint density at radius 1 is 1.32 bits per heavy atom. The van der Waals surface area contributed by atoms with Gasteiger partial charge in [0.2, 0.25) is 0 Å². The maximum atomic E-state index is 14.0. The van der Waals surface area contributed by atoms with Crippen LogP contribution >= 0.6 is 0 Å². The highest BCUT2D eigenvalue weighted by Gasteiger charge is 2.43. The summed E-state index contributed by atoms with van der Waals surface area (Å²) in [5.74, 6) is -1.69. The Hall–Kier alpha value is -1.49. The average Bonchev–Trinajstić information content (AvgIpc) is 2.30. The second-order valence-corrected chi connectivity index (χ2v) is 5.43. The minimum absolute atomic E-state index is 0.0744. The lowest BCUT2D eigenvalue weighted by atomic mass is 9.66. The summed E-state index contributed by atoms with van der Waals surface area (Å²) < 4.78 is 32.0. The molecule has 1 aromatic carbocycles. The summed E-state index contributed by atoms with van der Waals surface area (Å²) in [6, 6.07) is 3.14. The Morgan fingerprint density at radius 2 is 1.89 bits per heavy atom. The van der Waals surface area contributed by atoms with E-state index < -0.39 is 28.6 Å². The lowest BCUT2D eigenvalue weighted by Gasteiger charge is -2.41. The number of esters is 1. The second-order valence-electron chi connectivity index (χ2n) is 5.43. The van der Waals surface area contributed by atoms with Crippen molar-refractivity contribution >= 4 is 5.97 Å². The van der Waals surface area contributed by atoms with E-state index in [0.717, 1.165) is 18.2 Å². The standard InChI is InChI=1S/C14H19F2NO2/c1-13(2,17)14(3,8-12(18)19-4)10-7-9(15)5-6-11(10)16/h5-7H,8,17H2,1-4H3.